The Morgan fingerprint density at radius 3 is 2.82 bits per heavy atom. The molecule has 0 unspecified atom stereocenters. The van der Waals surface area contributed by atoms with E-state index in [1.807, 2.05) is 12.1 Å². The summed E-state index contributed by atoms with van der Waals surface area (Å²) in [6.07, 6.45) is 1.65. The van der Waals surface area contributed by atoms with E-state index in [0.29, 0.717) is 21.4 Å². The molecule has 88 valence electrons. The highest BCUT2D eigenvalue weighted by Gasteiger charge is 2.06. The number of aromatic nitrogens is 1. The minimum atomic E-state index is -0.320. The maximum atomic E-state index is 13.1. The van der Waals surface area contributed by atoms with Crippen LogP contribution in [0, 0.1) is 5.82 Å². The van der Waals surface area contributed by atoms with Gasteiger partial charge in [0, 0.05) is 17.1 Å². The lowest BCUT2D eigenvalue weighted by atomic mass is 10.3. The van der Waals surface area contributed by atoms with E-state index in [1.165, 1.54) is 6.07 Å². The summed E-state index contributed by atoms with van der Waals surface area (Å²) < 4.78 is 19.0. The highest BCUT2D eigenvalue weighted by atomic mass is 79.9. The van der Waals surface area contributed by atoms with Crippen LogP contribution in [0.1, 0.15) is 5.56 Å². The van der Waals surface area contributed by atoms with Crippen molar-refractivity contribution >= 4 is 31.9 Å². The zero-order chi connectivity index (χ0) is 12.3. The molecular formula is C12H8Br2FNO. The fourth-order valence-corrected chi connectivity index (χ4v) is 2.05. The number of alkyl halides is 1. The molecule has 0 bridgehead atoms. The van der Waals surface area contributed by atoms with E-state index in [9.17, 15) is 4.39 Å². The van der Waals surface area contributed by atoms with Crippen LogP contribution in [0.25, 0.3) is 0 Å². The molecule has 1 heterocycles. The lowest BCUT2D eigenvalue weighted by molar-refractivity contribution is 0.456. The van der Waals surface area contributed by atoms with Crippen molar-refractivity contribution in [1.82, 2.24) is 4.98 Å². The first kappa shape index (κ1) is 12.5. The molecule has 0 saturated heterocycles. The lowest BCUT2D eigenvalue weighted by Crippen LogP contribution is -1.92. The molecule has 1 aromatic carbocycles. The quantitative estimate of drug-likeness (QED) is 0.742. The first-order valence-corrected chi connectivity index (χ1v) is 6.75. The minimum Gasteiger partial charge on any atom is -0.439 e. The number of rotatable bonds is 3. The molecule has 0 radical (unpaired) electrons. The summed E-state index contributed by atoms with van der Waals surface area (Å²) in [5, 5.41) is 0.651. The SMILES string of the molecule is Fc1ccc(Oc2ncccc2CBr)cc1Br. The molecule has 5 heteroatoms. The maximum Gasteiger partial charge on any atom is 0.223 e. The van der Waals surface area contributed by atoms with Crippen LogP contribution in [-0.2, 0) is 5.33 Å². The molecule has 0 N–H and O–H groups in total. The molecule has 17 heavy (non-hydrogen) atoms. The standard InChI is InChI=1S/C12H8Br2FNO/c13-7-8-2-1-5-16-12(8)17-9-3-4-11(15)10(14)6-9/h1-6H,7H2. The third-order valence-electron chi connectivity index (χ3n) is 2.10. The topological polar surface area (TPSA) is 22.1 Å². The molecule has 0 saturated carbocycles. The van der Waals surface area contributed by atoms with E-state index >= 15 is 0 Å². The Labute approximate surface area is 115 Å². The van der Waals surface area contributed by atoms with Gasteiger partial charge in [-0.2, -0.15) is 0 Å². The van der Waals surface area contributed by atoms with Crippen molar-refractivity contribution in [2.45, 2.75) is 5.33 Å². The van der Waals surface area contributed by atoms with Crippen LogP contribution in [0.15, 0.2) is 41.0 Å². The fraction of sp³-hybridized carbons (Fsp3) is 0.0833. The summed E-state index contributed by atoms with van der Waals surface area (Å²) in [5.74, 6) is 0.737. The average molecular weight is 361 g/mol. The largest absolute Gasteiger partial charge is 0.439 e. The highest BCUT2D eigenvalue weighted by molar-refractivity contribution is 9.10. The normalized spacial score (nSPS) is 10.3. The summed E-state index contributed by atoms with van der Waals surface area (Å²) in [4.78, 5) is 4.14. The molecular weight excluding hydrogens is 353 g/mol. The Morgan fingerprint density at radius 1 is 1.29 bits per heavy atom. The Balaban J connectivity index is 2.28. The van der Waals surface area contributed by atoms with Crippen molar-refractivity contribution in [3.05, 3.63) is 52.4 Å². The monoisotopic (exact) mass is 359 g/mol. The molecule has 0 spiro atoms. The van der Waals surface area contributed by atoms with Crippen molar-refractivity contribution in [2.24, 2.45) is 0 Å². The first-order valence-electron chi connectivity index (χ1n) is 4.83. The van der Waals surface area contributed by atoms with Gasteiger partial charge in [0.05, 0.1) is 4.47 Å². The van der Waals surface area contributed by atoms with Crippen LogP contribution in [0.4, 0.5) is 4.39 Å². The zero-order valence-electron chi connectivity index (χ0n) is 8.66. The fourth-order valence-electron chi connectivity index (χ4n) is 1.27. The second-order valence-corrected chi connectivity index (χ2v) is 4.69. The molecule has 0 amide bonds. The number of halogens is 3. The Bertz CT molecular complexity index is 534. The van der Waals surface area contributed by atoms with Crippen LogP contribution < -0.4 is 4.74 Å². The van der Waals surface area contributed by atoms with Crippen LogP contribution in [0.2, 0.25) is 0 Å². The van der Waals surface area contributed by atoms with E-state index in [4.69, 9.17) is 4.74 Å². The minimum absolute atomic E-state index is 0.320. The van der Waals surface area contributed by atoms with E-state index in [1.54, 1.807) is 18.3 Å². The average Bonchev–Trinajstić information content (AvgIpc) is 2.34. The second-order valence-electron chi connectivity index (χ2n) is 3.28. The summed E-state index contributed by atoms with van der Waals surface area (Å²) in [6, 6.07) is 8.23. The Hall–Kier alpha value is -0.940. The van der Waals surface area contributed by atoms with Crippen LogP contribution in [0.3, 0.4) is 0 Å². The van der Waals surface area contributed by atoms with Crippen molar-refractivity contribution in [3.8, 4) is 11.6 Å². The van der Waals surface area contributed by atoms with Crippen LogP contribution in [0.5, 0.6) is 11.6 Å². The molecule has 0 aliphatic carbocycles. The van der Waals surface area contributed by atoms with Crippen LogP contribution in [-0.4, -0.2) is 4.98 Å². The van der Waals surface area contributed by atoms with E-state index in [-0.39, 0.29) is 5.82 Å². The molecule has 0 fully saturated rings. The molecule has 2 rings (SSSR count). The van der Waals surface area contributed by atoms with Gasteiger partial charge in [0.2, 0.25) is 5.88 Å². The first-order chi connectivity index (χ1) is 8.20. The number of benzene rings is 1. The Morgan fingerprint density at radius 2 is 2.12 bits per heavy atom. The summed E-state index contributed by atoms with van der Waals surface area (Å²) in [6.45, 7) is 0. The second kappa shape index (κ2) is 5.60. The Kier molecular flexibility index (Phi) is 4.12. The zero-order valence-corrected chi connectivity index (χ0v) is 11.8. The number of ether oxygens (including phenoxy) is 1. The third-order valence-corrected chi connectivity index (χ3v) is 3.31. The molecule has 2 nitrogen and oxygen atoms in total. The highest BCUT2D eigenvalue weighted by Crippen LogP contribution is 2.27. The van der Waals surface area contributed by atoms with Crippen molar-refractivity contribution in [2.75, 3.05) is 0 Å². The van der Waals surface area contributed by atoms with Gasteiger partial charge in [0.1, 0.15) is 11.6 Å². The van der Waals surface area contributed by atoms with Crippen molar-refractivity contribution in [3.63, 3.8) is 0 Å². The van der Waals surface area contributed by atoms with Gasteiger partial charge in [0.25, 0.3) is 0 Å². The predicted octanol–water partition coefficient (Wildman–Crippen LogP) is 4.67. The van der Waals surface area contributed by atoms with Gasteiger partial charge in [-0.15, -0.1) is 0 Å². The summed E-state index contributed by atoms with van der Waals surface area (Å²) in [5.41, 5.74) is 0.938. The summed E-state index contributed by atoms with van der Waals surface area (Å²) >= 11 is 6.47. The van der Waals surface area contributed by atoms with E-state index < -0.39 is 0 Å². The molecule has 0 atom stereocenters. The number of hydrogen-bond acceptors (Lipinski definition) is 2. The van der Waals surface area contributed by atoms with Crippen molar-refractivity contribution in [1.29, 1.82) is 0 Å². The summed E-state index contributed by atoms with van der Waals surface area (Å²) in [7, 11) is 0. The van der Waals surface area contributed by atoms with Gasteiger partial charge >= 0.3 is 0 Å². The molecule has 2 aromatic rings. The number of hydrogen-bond donors (Lipinski definition) is 0. The molecule has 0 aliphatic rings. The number of pyridine rings is 1. The van der Waals surface area contributed by atoms with Crippen molar-refractivity contribution < 1.29 is 9.13 Å². The van der Waals surface area contributed by atoms with Gasteiger partial charge in [0.15, 0.2) is 0 Å². The smallest absolute Gasteiger partial charge is 0.223 e. The predicted molar refractivity (Wildman–Crippen MR) is 71.0 cm³/mol. The van der Waals surface area contributed by atoms with E-state index in [0.717, 1.165) is 5.56 Å². The third kappa shape index (κ3) is 3.04. The van der Waals surface area contributed by atoms with Gasteiger partial charge in [-0.05, 0) is 40.2 Å². The van der Waals surface area contributed by atoms with Gasteiger partial charge in [-0.25, -0.2) is 9.37 Å². The van der Waals surface area contributed by atoms with Gasteiger partial charge in [-0.1, -0.05) is 22.0 Å². The molecule has 0 aliphatic heterocycles. The van der Waals surface area contributed by atoms with Gasteiger partial charge in [-0.3, -0.25) is 0 Å². The van der Waals surface area contributed by atoms with E-state index in [2.05, 4.69) is 36.8 Å². The number of nitrogens with zero attached hydrogens (tertiary/aromatic N) is 1. The van der Waals surface area contributed by atoms with Crippen LogP contribution >= 0.6 is 31.9 Å². The molecule has 1 aromatic heterocycles. The van der Waals surface area contributed by atoms with Gasteiger partial charge < -0.3 is 4.74 Å². The lowest BCUT2D eigenvalue weighted by Gasteiger charge is -2.08. The maximum absolute atomic E-state index is 13.1.